The zero-order valence-corrected chi connectivity index (χ0v) is 8.12. The molecule has 0 saturated heterocycles. The fourth-order valence-electron chi connectivity index (χ4n) is 0.960. The van der Waals surface area contributed by atoms with Gasteiger partial charge < -0.3 is 10.4 Å². The van der Waals surface area contributed by atoms with Gasteiger partial charge in [0.2, 0.25) is 0 Å². The first-order chi connectivity index (χ1) is 6.22. The highest BCUT2D eigenvalue weighted by Gasteiger charge is 1.98. The summed E-state index contributed by atoms with van der Waals surface area (Å²) in [4.78, 5) is 4.18. The number of hydrogen-bond donors (Lipinski definition) is 2. The Hall–Kier alpha value is -0.930. The summed E-state index contributed by atoms with van der Waals surface area (Å²) in [5.74, 6) is 0. The van der Waals surface area contributed by atoms with E-state index in [0.717, 1.165) is 17.8 Å². The van der Waals surface area contributed by atoms with Crippen LogP contribution in [0.2, 0.25) is 0 Å². The fourth-order valence-corrected chi connectivity index (χ4v) is 0.960. The van der Waals surface area contributed by atoms with Crippen molar-refractivity contribution in [3.8, 4) is 0 Å². The first-order valence-corrected chi connectivity index (χ1v) is 4.48. The van der Waals surface area contributed by atoms with Gasteiger partial charge in [-0.15, -0.1) is 0 Å². The van der Waals surface area contributed by atoms with Crippen molar-refractivity contribution in [1.82, 2.24) is 10.3 Å². The first-order valence-electron chi connectivity index (χ1n) is 4.48. The van der Waals surface area contributed by atoms with Gasteiger partial charge in [0.25, 0.3) is 0 Å². The molecule has 1 unspecified atom stereocenters. The predicted octanol–water partition coefficient (Wildman–Crippen LogP) is 0.860. The smallest absolute Gasteiger partial charge is 0.0582 e. The Morgan fingerprint density at radius 3 is 2.85 bits per heavy atom. The maximum absolute atomic E-state index is 8.78. The molecule has 0 spiro atoms. The van der Waals surface area contributed by atoms with E-state index >= 15 is 0 Å². The molecule has 0 aliphatic carbocycles. The normalized spacial score (nSPS) is 12.8. The standard InChI is InChI=1S/C10H16N2O/c1-8-3-4-10(5-11-8)6-12-9(2)7-13/h3-5,9,12-13H,6-7H2,1-2H3. The van der Waals surface area contributed by atoms with Crippen LogP contribution in [0.15, 0.2) is 18.3 Å². The Morgan fingerprint density at radius 1 is 1.54 bits per heavy atom. The Morgan fingerprint density at radius 2 is 2.31 bits per heavy atom. The number of nitrogens with zero attached hydrogens (tertiary/aromatic N) is 1. The van der Waals surface area contributed by atoms with Gasteiger partial charge in [-0.1, -0.05) is 6.07 Å². The molecule has 1 heterocycles. The summed E-state index contributed by atoms with van der Waals surface area (Å²) in [6, 6.07) is 4.17. The van der Waals surface area contributed by atoms with Crippen LogP contribution in [-0.4, -0.2) is 22.7 Å². The average Bonchev–Trinajstić information content (AvgIpc) is 2.16. The van der Waals surface area contributed by atoms with Gasteiger partial charge in [0.1, 0.15) is 0 Å². The lowest BCUT2D eigenvalue weighted by molar-refractivity contribution is 0.251. The molecule has 1 aromatic rings. The summed E-state index contributed by atoms with van der Waals surface area (Å²) < 4.78 is 0. The van der Waals surface area contributed by atoms with E-state index in [9.17, 15) is 0 Å². The van der Waals surface area contributed by atoms with E-state index in [1.807, 2.05) is 32.2 Å². The van der Waals surface area contributed by atoms with E-state index in [-0.39, 0.29) is 12.6 Å². The highest BCUT2D eigenvalue weighted by atomic mass is 16.3. The third-order valence-corrected chi connectivity index (χ3v) is 1.90. The second-order valence-electron chi connectivity index (χ2n) is 3.27. The van der Waals surface area contributed by atoms with Crippen LogP contribution < -0.4 is 5.32 Å². The van der Waals surface area contributed by atoms with Crippen LogP contribution in [0.25, 0.3) is 0 Å². The third kappa shape index (κ3) is 3.53. The van der Waals surface area contributed by atoms with E-state index in [1.165, 1.54) is 0 Å². The molecule has 2 N–H and O–H groups in total. The Kier molecular flexibility index (Phi) is 3.86. The Labute approximate surface area is 78.8 Å². The zero-order valence-electron chi connectivity index (χ0n) is 8.12. The second-order valence-corrected chi connectivity index (χ2v) is 3.27. The van der Waals surface area contributed by atoms with Crippen LogP contribution in [0.4, 0.5) is 0 Å². The maximum atomic E-state index is 8.78. The molecular weight excluding hydrogens is 164 g/mol. The van der Waals surface area contributed by atoms with Crippen molar-refractivity contribution >= 4 is 0 Å². The monoisotopic (exact) mass is 180 g/mol. The average molecular weight is 180 g/mol. The number of rotatable bonds is 4. The molecule has 1 aromatic heterocycles. The molecule has 72 valence electrons. The molecule has 3 heteroatoms. The fraction of sp³-hybridized carbons (Fsp3) is 0.500. The van der Waals surface area contributed by atoms with Crippen LogP contribution in [0.5, 0.6) is 0 Å². The highest BCUT2D eigenvalue weighted by molar-refractivity contribution is 5.12. The largest absolute Gasteiger partial charge is 0.395 e. The summed E-state index contributed by atoms with van der Waals surface area (Å²) >= 11 is 0. The van der Waals surface area contributed by atoms with Gasteiger partial charge >= 0.3 is 0 Å². The Bertz CT molecular complexity index is 246. The van der Waals surface area contributed by atoms with Gasteiger partial charge in [-0.25, -0.2) is 0 Å². The van der Waals surface area contributed by atoms with Crippen LogP contribution in [-0.2, 0) is 6.54 Å². The molecule has 0 bridgehead atoms. The summed E-state index contributed by atoms with van der Waals surface area (Å²) in [6.07, 6.45) is 1.85. The molecule has 3 nitrogen and oxygen atoms in total. The summed E-state index contributed by atoms with van der Waals surface area (Å²) in [7, 11) is 0. The van der Waals surface area contributed by atoms with E-state index in [4.69, 9.17) is 5.11 Å². The van der Waals surface area contributed by atoms with Crippen LogP contribution in [0.1, 0.15) is 18.2 Å². The van der Waals surface area contributed by atoms with Crippen LogP contribution in [0.3, 0.4) is 0 Å². The molecule has 0 saturated carbocycles. The molecule has 0 radical (unpaired) electrons. The van der Waals surface area contributed by atoms with Crippen molar-refractivity contribution in [2.75, 3.05) is 6.61 Å². The van der Waals surface area contributed by atoms with Gasteiger partial charge in [0.15, 0.2) is 0 Å². The minimum absolute atomic E-state index is 0.140. The Balaban J connectivity index is 2.41. The lowest BCUT2D eigenvalue weighted by atomic mass is 10.2. The number of aliphatic hydroxyl groups is 1. The summed E-state index contributed by atoms with van der Waals surface area (Å²) in [5, 5.41) is 12.0. The number of aryl methyl sites for hydroxylation is 1. The molecule has 0 amide bonds. The molecule has 1 atom stereocenters. The van der Waals surface area contributed by atoms with E-state index in [2.05, 4.69) is 10.3 Å². The van der Waals surface area contributed by atoms with Crippen LogP contribution >= 0.6 is 0 Å². The quantitative estimate of drug-likeness (QED) is 0.722. The van der Waals surface area contributed by atoms with Gasteiger partial charge in [0.05, 0.1) is 6.61 Å². The number of nitrogens with one attached hydrogen (secondary N) is 1. The van der Waals surface area contributed by atoms with Gasteiger partial charge in [-0.05, 0) is 25.5 Å². The molecule has 0 aliphatic rings. The van der Waals surface area contributed by atoms with Gasteiger partial charge in [0, 0.05) is 24.5 Å². The van der Waals surface area contributed by atoms with Crippen molar-refractivity contribution in [3.63, 3.8) is 0 Å². The lowest BCUT2D eigenvalue weighted by Crippen LogP contribution is -2.28. The SMILES string of the molecule is Cc1ccc(CNC(C)CO)cn1. The second kappa shape index (κ2) is 4.94. The topological polar surface area (TPSA) is 45.1 Å². The molecule has 0 aromatic carbocycles. The van der Waals surface area contributed by atoms with E-state index in [1.54, 1.807) is 0 Å². The van der Waals surface area contributed by atoms with Gasteiger partial charge in [-0.2, -0.15) is 0 Å². The van der Waals surface area contributed by atoms with Crippen molar-refractivity contribution in [2.24, 2.45) is 0 Å². The molecule has 0 fully saturated rings. The highest BCUT2D eigenvalue weighted by Crippen LogP contribution is 1.98. The summed E-state index contributed by atoms with van der Waals surface area (Å²) in [6.45, 7) is 4.84. The minimum Gasteiger partial charge on any atom is -0.395 e. The zero-order chi connectivity index (χ0) is 9.68. The van der Waals surface area contributed by atoms with Crippen LogP contribution in [0, 0.1) is 6.92 Å². The van der Waals surface area contributed by atoms with Crippen molar-refractivity contribution in [2.45, 2.75) is 26.4 Å². The molecule has 0 aliphatic heterocycles. The first kappa shape index (κ1) is 10.2. The van der Waals surface area contributed by atoms with E-state index in [0.29, 0.717) is 0 Å². The lowest BCUT2D eigenvalue weighted by Gasteiger charge is -2.09. The molecule has 13 heavy (non-hydrogen) atoms. The van der Waals surface area contributed by atoms with Gasteiger partial charge in [-0.3, -0.25) is 4.98 Å². The third-order valence-electron chi connectivity index (χ3n) is 1.90. The van der Waals surface area contributed by atoms with Crippen molar-refractivity contribution in [1.29, 1.82) is 0 Å². The molecular formula is C10H16N2O. The van der Waals surface area contributed by atoms with Crippen molar-refractivity contribution < 1.29 is 5.11 Å². The van der Waals surface area contributed by atoms with E-state index < -0.39 is 0 Å². The maximum Gasteiger partial charge on any atom is 0.0582 e. The summed E-state index contributed by atoms with van der Waals surface area (Å²) in [5.41, 5.74) is 2.17. The number of pyridine rings is 1. The number of aromatic nitrogens is 1. The molecule has 1 rings (SSSR count). The number of aliphatic hydroxyl groups excluding tert-OH is 1. The predicted molar refractivity (Wildman–Crippen MR) is 52.4 cm³/mol. The number of hydrogen-bond acceptors (Lipinski definition) is 3. The minimum atomic E-state index is 0.140. The van der Waals surface area contributed by atoms with Crippen molar-refractivity contribution in [3.05, 3.63) is 29.6 Å².